The Bertz CT molecular complexity index is 496. The number of carbonyl (C=O) groups is 1. The molecule has 0 saturated carbocycles. The van der Waals surface area contributed by atoms with E-state index in [-0.39, 0.29) is 6.54 Å². The average Bonchev–Trinajstić information content (AvgIpc) is 2.74. The predicted octanol–water partition coefficient (Wildman–Crippen LogP) is -0.620. The molecule has 0 aromatic carbocycles. The molecule has 1 aliphatic heterocycles. The lowest BCUT2D eigenvalue weighted by Crippen LogP contribution is -2.46. The van der Waals surface area contributed by atoms with Gasteiger partial charge in [0.25, 0.3) is 5.91 Å². The number of rotatable bonds is 2. The van der Waals surface area contributed by atoms with E-state index in [0.29, 0.717) is 18.7 Å². The van der Waals surface area contributed by atoms with Crippen LogP contribution in [0.25, 0.3) is 0 Å². The number of primary amides is 1. The van der Waals surface area contributed by atoms with E-state index in [9.17, 15) is 9.90 Å². The number of anilines is 1. The number of aliphatic hydroxyl groups is 1. The van der Waals surface area contributed by atoms with Crippen LogP contribution < -0.4 is 10.6 Å². The second-order valence-corrected chi connectivity index (χ2v) is 4.08. The molecule has 2 rings (SSSR count). The van der Waals surface area contributed by atoms with Crippen molar-refractivity contribution in [2.45, 2.75) is 12.0 Å². The van der Waals surface area contributed by atoms with Crippen LogP contribution in [0.15, 0.2) is 18.3 Å². The maximum absolute atomic E-state index is 11.1. The molecule has 3 N–H and O–H groups in total. The molecule has 1 amide bonds. The molecule has 0 radical (unpaired) electrons. The topological polar surface area (TPSA) is 103 Å². The lowest BCUT2D eigenvalue weighted by molar-refractivity contribution is -0.134. The van der Waals surface area contributed by atoms with Gasteiger partial charge in [-0.2, -0.15) is 5.26 Å². The minimum atomic E-state index is -1.48. The fraction of sp³-hybridized carbons (Fsp3) is 0.364. The van der Waals surface area contributed by atoms with Gasteiger partial charge in [-0.1, -0.05) is 0 Å². The maximum Gasteiger partial charge on any atom is 0.251 e. The third kappa shape index (κ3) is 2.05. The third-order valence-corrected chi connectivity index (χ3v) is 2.93. The Kier molecular flexibility index (Phi) is 2.69. The monoisotopic (exact) mass is 232 g/mol. The summed E-state index contributed by atoms with van der Waals surface area (Å²) >= 11 is 0. The van der Waals surface area contributed by atoms with Gasteiger partial charge in [0.15, 0.2) is 5.60 Å². The van der Waals surface area contributed by atoms with Crippen molar-refractivity contribution in [2.24, 2.45) is 5.73 Å². The number of nitriles is 1. The van der Waals surface area contributed by atoms with Crippen LogP contribution in [0.4, 0.5) is 5.69 Å². The Hall–Kier alpha value is -2.13. The third-order valence-electron chi connectivity index (χ3n) is 2.93. The number of hydrogen-bond acceptors (Lipinski definition) is 5. The SMILES string of the molecule is N#Cc1cc(N2CCC(O)(C(N)=O)C2)ccn1. The smallest absolute Gasteiger partial charge is 0.251 e. The first kappa shape index (κ1) is 11.4. The summed E-state index contributed by atoms with van der Waals surface area (Å²) in [4.78, 5) is 16.8. The molecular weight excluding hydrogens is 220 g/mol. The summed E-state index contributed by atoms with van der Waals surface area (Å²) in [6.45, 7) is 0.672. The molecule has 1 aliphatic rings. The van der Waals surface area contributed by atoms with Gasteiger partial charge in [0, 0.05) is 24.8 Å². The quantitative estimate of drug-likeness (QED) is 0.707. The molecule has 17 heavy (non-hydrogen) atoms. The minimum Gasteiger partial charge on any atom is -0.378 e. The van der Waals surface area contributed by atoms with Crippen LogP contribution in [0.1, 0.15) is 12.1 Å². The first-order chi connectivity index (χ1) is 8.05. The van der Waals surface area contributed by atoms with Crippen molar-refractivity contribution in [1.82, 2.24) is 4.98 Å². The molecule has 1 unspecified atom stereocenters. The van der Waals surface area contributed by atoms with E-state index < -0.39 is 11.5 Å². The molecule has 6 nitrogen and oxygen atoms in total. The van der Waals surface area contributed by atoms with Crippen molar-refractivity contribution in [3.8, 4) is 6.07 Å². The lowest BCUT2D eigenvalue weighted by atomic mass is 10.0. The van der Waals surface area contributed by atoms with E-state index in [1.165, 1.54) is 6.20 Å². The number of aromatic nitrogens is 1. The summed E-state index contributed by atoms with van der Waals surface area (Å²) in [7, 11) is 0. The second-order valence-electron chi connectivity index (χ2n) is 4.08. The van der Waals surface area contributed by atoms with E-state index >= 15 is 0 Å². The Morgan fingerprint density at radius 1 is 1.71 bits per heavy atom. The summed E-state index contributed by atoms with van der Waals surface area (Å²) in [5.74, 6) is -0.713. The van der Waals surface area contributed by atoms with Crippen molar-refractivity contribution in [2.75, 3.05) is 18.0 Å². The van der Waals surface area contributed by atoms with Gasteiger partial charge in [0.2, 0.25) is 0 Å². The van der Waals surface area contributed by atoms with Crippen molar-refractivity contribution in [3.05, 3.63) is 24.0 Å². The number of hydrogen-bond donors (Lipinski definition) is 2. The zero-order valence-electron chi connectivity index (χ0n) is 9.13. The standard InChI is InChI=1S/C11H12N4O2/c12-6-8-5-9(1-3-14-8)15-4-2-11(17,7-15)10(13)16/h1,3,5,17H,2,4,7H2,(H2,13,16). The first-order valence-electron chi connectivity index (χ1n) is 5.18. The molecule has 0 aliphatic carbocycles. The Balaban J connectivity index is 2.21. The Labute approximate surface area is 98.3 Å². The highest BCUT2D eigenvalue weighted by Gasteiger charge is 2.41. The highest BCUT2D eigenvalue weighted by atomic mass is 16.3. The van der Waals surface area contributed by atoms with E-state index in [4.69, 9.17) is 11.0 Å². The van der Waals surface area contributed by atoms with Gasteiger partial charge < -0.3 is 15.7 Å². The predicted molar refractivity (Wildman–Crippen MR) is 59.9 cm³/mol. The van der Waals surface area contributed by atoms with Crippen LogP contribution in [-0.2, 0) is 4.79 Å². The molecule has 0 bridgehead atoms. The van der Waals surface area contributed by atoms with Gasteiger partial charge in [0.05, 0.1) is 6.54 Å². The highest BCUT2D eigenvalue weighted by Crippen LogP contribution is 2.26. The van der Waals surface area contributed by atoms with Crippen LogP contribution in [0.3, 0.4) is 0 Å². The van der Waals surface area contributed by atoms with Crippen molar-refractivity contribution >= 4 is 11.6 Å². The number of amides is 1. The molecule has 2 heterocycles. The summed E-state index contributed by atoms with van der Waals surface area (Å²) in [6.07, 6.45) is 1.82. The van der Waals surface area contributed by atoms with E-state index in [2.05, 4.69) is 4.98 Å². The van der Waals surface area contributed by atoms with Gasteiger partial charge in [-0.05, 0) is 12.1 Å². The lowest BCUT2D eigenvalue weighted by Gasteiger charge is -2.21. The molecular formula is C11H12N4O2. The fourth-order valence-corrected chi connectivity index (χ4v) is 1.89. The normalized spacial score (nSPS) is 23.4. The Morgan fingerprint density at radius 2 is 2.47 bits per heavy atom. The zero-order chi connectivity index (χ0) is 12.5. The minimum absolute atomic E-state index is 0.150. The summed E-state index contributed by atoms with van der Waals surface area (Å²) < 4.78 is 0. The maximum atomic E-state index is 11.1. The summed E-state index contributed by atoms with van der Waals surface area (Å²) in [6, 6.07) is 5.29. The van der Waals surface area contributed by atoms with Crippen LogP contribution in [0, 0.1) is 11.3 Å². The fourth-order valence-electron chi connectivity index (χ4n) is 1.89. The molecule has 1 atom stereocenters. The van der Waals surface area contributed by atoms with Gasteiger partial charge in [-0.25, -0.2) is 4.98 Å². The van der Waals surface area contributed by atoms with Crippen molar-refractivity contribution in [1.29, 1.82) is 5.26 Å². The molecule has 88 valence electrons. The first-order valence-corrected chi connectivity index (χ1v) is 5.18. The van der Waals surface area contributed by atoms with E-state index in [0.717, 1.165) is 5.69 Å². The van der Waals surface area contributed by atoms with Crippen LogP contribution >= 0.6 is 0 Å². The van der Waals surface area contributed by atoms with Gasteiger partial charge in [-0.15, -0.1) is 0 Å². The highest BCUT2D eigenvalue weighted by molar-refractivity contribution is 5.84. The number of β-amino-alcohol motifs (C(OH)–C–C–N with tert-alkyl or cyclic N) is 1. The number of carbonyl (C=O) groups excluding carboxylic acids is 1. The van der Waals surface area contributed by atoms with Crippen LogP contribution in [-0.4, -0.2) is 34.7 Å². The molecule has 1 aromatic heterocycles. The van der Waals surface area contributed by atoms with Gasteiger partial charge >= 0.3 is 0 Å². The van der Waals surface area contributed by atoms with E-state index in [1.807, 2.05) is 11.0 Å². The second kappa shape index (κ2) is 4.03. The van der Waals surface area contributed by atoms with Crippen molar-refractivity contribution in [3.63, 3.8) is 0 Å². The molecule has 1 aromatic rings. The average molecular weight is 232 g/mol. The van der Waals surface area contributed by atoms with Gasteiger partial charge in [0.1, 0.15) is 11.8 Å². The van der Waals surface area contributed by atoms with Crippen molar-refractivity contribution < 1.29 is 9.90 Å². The van der Waals surface area contributed by atoms with E-state index in [1.54, 1.807) is 12.1 Å². The summed E-state index contributed by atoms with van der Waals surface area (Å²) in [5.41, 5.74) is 4.73. The van der Waals surface area contributed by atoms with Crippen LogP contribution in [0.5, 0.6) is 0 Å². The Morgan fingerprint density at radius 3 is 3.06 bits per heavy atom. The van der Waals surface area contributed by atoms with Crippen LogP contribution in [0.2, 0.25) is 0 Å². The largest absolute Gasteiger partial charge is 0.378 e. The van der Waals surface area contributed by atoms with Gasteiger partial charge in [-0.3, -0.25) is 4.79 Å². The number of nitrogens with two attached hydrogens (primary N) is 1. The molecule has 6 heteroatoms. The summed E-state index contributed by atoms with van der Waals surface area (Å²) in [5, 5.41) is 18.7. The molecule has 1 saturated heterocycles. The zero-order valence-corrected chi connectivity index (χ0v) is 9.13. The number of pyridine rings is 1. The molecule has 0 spiro atoms. The molecule has 1 fully saturated rings. The number of nitrogens with zero attached hydrogens (tertiary/aromatic N) is 3.